The van der Waals surface area contributed by atoms with E-state index < -0.39 is 10.0 Å². The molecule has 0 saturated heterocycles. The van der Waals surface area contributed by atoms with Gasteiger partial charge in [-0.2, -0.15) is 0 Å². The minimum Gasteiger partial charge on any atom is -0.492 e. The van der Waals surface area contributed by atoms with E-state index in [1.54, 1.807) is 24.3 Å². The van der Waals surface area contributed by atoms with Gasteiger partial charge in [0.1, 0.15) is 12.4 Å². The second kappa shape index (κ2) is 11.0. The normalized spacial score (nSPS) is 11.1. The zero-order valence-electron chi connectivity index (χ0n) is 15.1. The van der Waals surface area contributed by atoms with Crippen LogP contribution < -0.4 is 9.46 Å². The number of nitrogens with zero attached hydrogens (tertiary/aromatic N) is 1. The molecular formula is C18H23Cl3N2O3S. The van der Waals surface area contributed by atoms with Crippen molar-refractivity contribution in [2.24, 2.45) is 0 Å². The lowest BCUT2D eigenvalue weighted by molar-refractivity contribution is 0.239. The molecule has 0 amide bonds. The molecule has 0 heterocycles. The Morgan fingerprint density at radius 3 is 2.30 bits per heavy atom. The van der Waals surface area contributed by atoms with Crippen LogP contribution in [0.3, 0.4) is 0 Å². The van der Waals surface area contributed by atoms with Crippen LogP contribution in [0.25, 0.3) is 0 Å². The minimum absolute atomic E-state index is 0. The Morgan fingerprint density at radius 1 is 1.04 bits per heavy atom. The maximum Gasteiger partial charge on any atom is 0.229 e. The first-order valence-electron chi connectivity index (χ1n) is 8.06. The predicted octanol–water partition coefficient (Wildman–Crippen LogP) is 4.34. The molecule has 0 unspecified atom stereocenters. The fraction of sp³-hybridized carbons (Fsp3) is 0.333. The van der Waals surface area contributed by atoms with Gasteiger partial charge in [0.05, 0.1) is 16.3 Å². The molecule has 0 bridgehead atoms. The molecule has 0 radical (unpaired) electrons. The van der Waals surface area contributed by atoms with E-state index in [4.69, 9.17) is 27.9 Å². The molecule has 0 aromatic heterocycles. The summed E-state index contributed by atoms with van der Waals surface area (Å²) in [5, 5.41) is 1.14. The van der Waals surface area contributed by atoms with Crippen molar-refractivity contribution in [3.05, 3.63) is 58.1 Å². The van der Waals surface area contributed by atoms with Crippen LogP contribution in [-0.4, -0.2) is 46.3 Å². The highest BCUT2D eigenvalue weighted by Crippen LogP contribution is 2.22. The summed E-state index contributed by atoms with van der Waals surface area (Å²) in [6, 6.07) is 12.5. The number of hydrogen-bond donors (Lipinski definition) is 1. The summed E-state index contributed by atoms with van der Waals surface area (Å²) >= 11 is 11.9. The summed E-state index contributed by atoms with van der Waals surface area (Å²) in [6.07, 6.45) is 1.99. The molecule has 0 aliphatic heterocycles. The number of sulfonamides is 1. The van der Waals surface area contributed by atoms with Gasteiger partial charge in [-0.05, 0) is 55.4 Å². The van der Waals surface area contributed by atoms with E-state index in [0.29, 0.717) is 28.1 Å². The van der Waals surface area contributed by atoms with Crippen LogP contribution in [-0.2, 0) is 16.4 Å². The molecule has 5 nitrogen and oxygen atoms in total. The SMILES string of the molecule is CN(CCOc1ccc(NS(C)(=O)=O)cc1)CCc1ccc(Cl)c(Cl)c1.Cl. The maximum absolute atomic E-state index is 11.2. The van der Waals surface area contributed by atoms with Crippen LogP contribution in [0.1, 0.15) is 5.56 Å². The standard InChI is InChI=1S/C18H22Cl2N2O3S.ClH/c1-22(10-9-14-3-8-17(19)18(20)13-14)11-12-25-16-6-4-15(5-7-16)21-26(2,23)24;/h3-8,13,21H,9-12H2,1-2H3;1H. The smallest absolute Gasteiger partial charge is 0.229 e. The van der Waals surface area contributed by atoms with Gasteiger partial charge in [-0.25, -0.2) is 8.42 Å². The Morgan fingerprint density at radius 2 is 1.70 bits per heavy atom. The lowest BCUT2D eigenvalue weighted by atomic mass is 10.1. The van der Waals surface area contributed by atoms with E-state index in [-0.39, 0.29) is 12.4 Å². The number of benzene rings is 2. The van der Waals surface area contributed by atoms with Crippen molar-refractivity contribution in [3.8, 4) is 5.75 Å². The number of halogens is 3. The lowest BCUT2D eigenvalue weighted by Crippen LogP contribution is -2.26. The average molecular weight is 454 g/mol. The molecule has 0 fully saturated rings. The van der Waals surface area contributed by atoms with Crippen molar-refractivity contribution in [3.63, 3.8) is 0 Å². The fourth-order valence-corrected chi connectivity index (χ4v) is 3.16. The van der Waals surface area contributed by atoms with Crippen LogP contribution in [0.4, 0.5) is 5.69 Å². The molecule has 27 heavy (non-hydrogen) atoms. The van der Waals surface area contributed by atoms with Crippen molar-refractivity contribution in [2.45, 2.75) is 6.42 Å². The molecule has 0 atom stereocenters. The van der Waals surface area contributed by atoms with E-state index >= 15 is 0 Å². The highest BCUT2D eigenvalue weighted by Gasteiger charge is 2.04. The first-order chi connectivity index (χ1) is 12.2. The Hall–Kier alpha value is -1.18. The number of nitrogens with one attached hydrogen (secondary N) is 1. The van der Waals surface area contributed by atoms with Crippen LogP contribution in [0.2, 0.25) is 10.0 Å². The average Bonchev–Trinajstić information content (AvgIpc) is 2.56. The van der Waals surface area contributed by atoms with E-state index in [1.807, 2.05) is 25.2 Å². The second-order valence-corrected chi connectivity index (χ2v) is 8.61. The van der Waals surface area contributed by atoms with Crippen molar-refractivity contribution in [2.75, 3.05) is 37.7 Å². The molecule has 2 rings (SSSR count). The number of ether oxygens (including phenoxy) is 1. The first-order valence-corrected chi connectivity index (χ1v) is 10.7. The number of hydrogen-bond acceptors (Lipinski definition) is 4. The quantitative estimate of drug-likeness (QED) is 0.613. The summed E-state index contributed by atoms with van der Waals surface area (Å²) in [4.78, 5) is 2.17. The Bertz CT molecular complexity index is 830. The van der Waals surface area contributed by atoms with E-state index in [0.717, 1.165) is 31.3 Å². The monoisotopic (exact) mass is 452 g/mol. The summed E-state index contributed by atoms with van der Waals surface area (Å²) < 4.78 is 30.4. The lowest BCUT2D eigenvalue weighted by Gasteiger charge is -2.17. The molecule has 2 aromatic carbocycles. The van der Waals surface area contributed by atoms with Gasteiger partial charge in [0.15, 0.2) is 0 Å². The third-order valence-electron chi connectivity index (χ3n) is 3.67. The van der Waals surface area contributed by atoms with Crippen molar-refractivity contribution in [1.82, 2.24) is 4.90 Å². The summed E-state index contributed by atoms with van der Waals surface area (Å²) in [7, 11) is -1.24. The molecule has 2 aromatic rings. The molecule has 1 N–H and O–H groups in total. The maximum atomic E-state index is 11.2. The van der Waals surface area contributed by atoms with Crippen LogP contribution in [0.5, 0.6) is 5.75 Å². The number of anilines is 1. The van der Waals surface area contributed by atoms with Crippen molar-refractivity contribution < 1.29 is 13.2 Å². The van der Waals surface area contributed by atoms with Crippen molar-refractivity contribution in [1.29, 1.82) is 0 Å². The Kier molecular flexibility index (Phi) is 9.70. The Labute approximate surface area is 177 Å². The molecule has 0 aliphatic rings. The largest absolute Gasteiger partial charge is 0.492 e. The molecule has 150 valence electrons. The van der Waals surface area contributed by atoms with E-state index in [2.05, 4.69) is 9.62 Å². The van der Waals surface area contributed by atoms with Gasteiger partial charge in [0, 0.05) is 18.8 Å². The Balaban J connectivity index is 0.00000364. The van der Waals surface area contributed by atoms with Gasteiger partial charge in [-0.15, -0.1) is 12.4 Å². The minimum atomic E-state index is -3.27. The van der Waals surface area contributed by atoms with Gasteiger partial charge >= 0.3 is 0 Å². The number of rotatable bonds is 9. The third-order valence-corrected chi connectivity index (χ3v) is 5.01. The first kappa shape index (κ1) is 23.9. The topological polar surface area (TPSA) is 58.6 Å². The van der Waals surface area contributed by atoms with Gasteiger partial charge < -0.3 is 9.64 Å². The highest BCUT2D eigenvalue weighted by molar-refractivity contribution is 7.92. The van der Waals surface area contributed by atoms with E-state index in [9.17, 15) is 8.42 Å². The van der Waals surface area contributed by atoms with E-state index in [1.165, 1.54) is 0 Å². The summed E-state index contributed by atoms with van der Waals surface area (Å²) in [5.74, 6) is 0.696. The highest BCUT2D eigenvalue weighted by atomic mass is 35.5. The third kappa shape index (κ3) is 9.04. The van der Waals surface area contributed by atoms with Gasteiger partial charge in [-0.3, -0.25) is 4.72 Å². The zero-order valence-corrected chi connectivity index (χ0v) is 18.3. The van der Waals surface area contributed by atoms with Gasteiger partial charge in [-0.1, -0.05) is 29.3 Å². The second-order valence-electron chi connectivity index (χ2n) is 6.05. The van der Waals surface area contributed by atoms with Gasteiger partial charge in [0.25, 0.3) is 0 Å². The van der Waals surface area contributed by atoms with Crippen LogP contribution in [0.15, 0.2) is 42.5 Å². The summed E-state index contributed by atoms with van der Waals surface area (Å²) in [6.45, 7) is 2.18. The summed E-state index contributed by atoms with van der Waals surface area (Å²) in [5.41, 5.74) is 1.65. The molecular weight excluding hydrogens is 431 g/mol. The van der Waals surface area contributed by atoms with Crippen LogP contribution >= 0.6 is 35.6 Å². The predicted molar refractivity (Wildman–Crippen MR) is 115 cm³/mol. The number of likely N-dealkylation sites (N-methyl/N-ethyl adjacent to an activating group) is 1. The fourth-order valence-electron chi connectivity index (χ4n) is 2.28. The van der Waals surface area contributed by atoms with Gasteiger partial charge in [0.2, 0.25) is 10.0 Å². The zero-order chi connectivity index (χ0) is 19.2. The van der Waals surface area contributed by atoms with Crippen molar-refractivity contribution >= 4 is 51.3 Å². The molecule has 0 spiro atoms. The molecule has 9 heteroatoms. The van der Waals surface area contributed by atoms with Crippen LogP contribution in [0, 0.1) is 0 Å². The molecule has 0 aliphatic carbocycles. The molecule has 0 saturated carbocycles.